The van der Waals surface area contributed by atoms with Crippen LogP contribution in [0.4, 0.5) is 18.3 Å². The van der Waals surface area contributed by atoms with Crippen LogP contribution in [-0.2, 0) is 0 Å². The van der Waals surface area contributed by atoms with Gasteiger partial charge in [-0.25, -0.2) is 4.98 Å². The number of hydrogen-bond acceptors (Lipinski definition) is 3. The van der Waals surface area contributed by atoms with Crippen molar-refractivity contribution in [1.82, 2.24) is 4.98 Å². The largest absolute Gasteiger partial charge is 0.408 e. The monoisotopic (exact) mass is 258 g/mol. The van der Waals surface area contributed by atoms with Gasteiger partial charge < -0.3 is 5.32 Å². The van der Waals surface area contributed by atoms with E-state index in [1.54, 1.807) is 5.38 Å². The fraction of sp³-hybridized carbons (Fsp3) is 0.625. The van der Waals surface area contributed by atoms with Crippen LogP contribution in [0.15, 0.2) is 11.6 Å². The molecule has 0 amide bonds. The van der Waals surface area contributed by atoms with Gasteiger partial charge in [-0.05, 0) is 18.8 Å². The topological polar surface area (TPSA) is 24.9 Å². The van der Waals surface area contributed by atoms with Crippen LogP contribution in [0.25, 0.3) is 0 Å². The van der Waals surface area contributed by atoms with E-state index in [9.17, 15) is 13.2 Å². The van der Waals surface area contributed by atoms with E-state index in [0.29, 0.717) is 18.0 Å². The van der Waals surface area contributed by atoms with E-state index < -0.39 is 12.2 Å². The molecular weight excluding hydrogens is 249 g/mol. The Morgan fingerprint density at radius 2 is 2.13 bits per heavy atom. The van der Waals surface area contributed by atoms with Gasteiger partial charge in [0.2, 0.25) is 0 Å². The molecule has 1 aliphatic carbocycles. The van der Waals surface area contributed by atoms with E-state index in [1.165, 1.54) is 17.5 Å². The van der Waals surface area contributed by atoms with Crippen LogP contribution in [0.3, 0.4) is 0 Å². The Morgan fingerprint density at radius 1 is 1.47 bits per heavy atom. The first kappa shape index (κ1) is 12.6. The van der Waals surface area contributed by atoms with Crippen molar-refractivity contribution in [3.8, 4) is 0 Å². The number of rotatable bonds is 3. The van der Waals surface area contributed by atoms with Crippen molar-refractivity contribution in [3.63, 3.8) is 0 Å². The Bertz CT molecular complexity index is 297. The molecule has 0 spiro atoms. The molecule has 1 fully saturated rings. The Morgan fingerprint density at radius 3 is 2.53 bits per heavy atom. The first-order chi connectivity index (χ1) is 6.57. The van der Waals surface area contributed by atoms with Crippen LogP contribution in [0.2, 0.25) is 0 Å². The van der Waals surface area contributed by atoms with Crippen LogP contribution in [0.5, 0.6) is 0 Å². The van der Waals surface area contributed by atoms with Gasteiger partial charge in [-0.2, -0.15) is 13.2 Å². The molecule has 1 saturated carbocycles. The minimum atomic E-state index is -4.17. The fourth-order valence-corrected chi connectivity index (χ4v) is 1.89. The molecule has 15 heavy (non-hydrogen) atoms. The molecule has 1 aromatic rings. The molecule has 1 aliphatic rings. The first-order valence-electron chi connectivity index (χ1n) is 4.30. The van der Waals surface area contributed by atoms with Crippen LogP contribution in [0, 0.1) is 5.92 Å². The van der Waals surface area contributed by atoms with E-state index in [1.807, 2.05) is 0 Å². The second-order valence-electron chi connectivity index (χ2n) is 3.34. The Balaban J connectivity index is 0.00000112. The third kappa shape index (κ3) is 3.24. The van der Waals surface area contributed by atoms with Gasteiger partial charge in [0.05, 0.1) is 0 Å². The lowest BCUT2D eigenvalue weighted by Crippen LogP contribution is -2.38. The summed E-state index contributed by atoms with van der Waals surface area (Å²) < 4.78 is 37.6. The fourth-order valence-electron chi connectivity index (χ4n) is 1.32. The molecule has 86 valence electrons. The SMILES string of the molecule is Cl.FC(F)(F)C(Nc1nccs1)C1CC1. The van der Waals surface area contributed by atoms with Crippen molar-refractivity contribution in [2.24, 2.45) is 5.92 Å². The van der Waals surface area contributed by atoms with Crippen molar-refractivity contribution in [1.29, 1.82) is 0 Å². The van der Waals surface area contributed by atoms with Crippen molar-refractivity contribution < 1.29 is 13.2 Å². The van der Waals surface area contributed by atoms with E-state index in [-0.39, 0.29) is 18.3 Å². The number of anilines is 1. The number of thiazole rings is 1. The molecule has 0 radical (unpaired) electrons. The smallest absolute Gasteiger partial charge is 0.350 e. The van der Waals surface area contributed by atoms with Gasteiger partial charge in [0.15, 0.2) is 5.13 Å². The molecule has 1 aromatic heterocycles. The lowest BCUT2D eigenvalue weighted by Gasteiger charge is -2.20. The maximum Gasteiger partial charge on any atom is 0.408 e. The summed E-state index contributed by atoms with van der Waals surface area (Å²) in [6.45, 7) is 0. The summed E-state index contributed by atoms with van der Waals surface area (Å²) in [4.78, 5) is 3.79. The van der Waals surface area contributed by atoms with Gasteiger partial charge in [-0.3, -0.25) is 0 Å². The highest BCUT2D eigenvalue weighted by molar-refractivity contribution is 7.13. The van der Waals surface area contributed by atoms with E-state index >= 15 is 0 Å². The second kappa shape index (κ2) is 4.57. The number of nitrogens with zero attached hydrogens (tertiary/aromatic N) is 1. The Hall–Kier alpha value is -0.490. The molecule has 0 aromatic carbocycles. The summed E-state index contributed by atoms with van der Waals surface area (Å²) in [5.74, 6) is -0.265. The average molecular weight is 259 g/mol. The molecule has 1 N–H and O–H groups in total. The molecule has 0 bridgehead atoms. The number of hydrogen-bond donors (Lipinski definition) is 1. The first-order valence-corrected chi connectivity index (χ1v) is 5.18. The zero-order chi connectivity index (χ0) is 10.2. The van der Waals surface area contributed by atoms with Gasteiger partial charge in [-0.15, -0.1) is 23.7 Å². The van der Waals surface area contributed by atoms with Crippen molar-refractivity contribution in [2.75, 3.05) is 5.32 Å². The summed E-state index contributed by atoms with van der Waals surface area (Å²) in [6.07, 6.45) is -1.37. The normalized spacial score (nSPS) is 18.1. The van der Waals surface area contributed by atoms with Crippen molar-refractivity contribution in [3.05, 3.63) is 11.6 Å². The van der Waals surface area contributed by atoms with Crippen molar-refractivity contribution in [2.45, 2.75) is 25.1 Å². The highest BCUT2D eigenvalue weighted by atomic mass is 35.5. The van der Waals surface area contributed by atoms with Gasteiger partial charge in [-0.1, -0.05) is 0 Å². The van der Waals surface area contributed by atoms with Crippen LogP contribution in [0.1, 0.15) is 12.8 Å². The standard InChI is InChI=1S/C8H9F3N2S.ClH/c9-8(10,11)6(5-1-2-5)13-7-12-3-4-14-7;/h3-6H,1-2H2,(H,12,13);1H. The van der Waals surface area contributed by atoms with Gasteiger partial charge in [0, 0.05) is 11.6 Å². The molecule has 2 nitrogen and oxygen atoms in total. The molecule has 1 unspecified atom stereocenters. The summed E-state index contributed by atoms with van der Waals surface area (Å²) >= 11 is 1.19. The number of aromatic nitrogens is 1. The number of alkyl halides is 3. The molecule has 1 heterocycles. The van der Waals surface area contributed by atoms with E-state index in [4.69, 9.17) is 0 Å². The van der Waals surface area contributed by atoms with E-state index in [0.717, 1.165) is 0 Å². The molecule has 7 heteroatoms. The zero-order valence-electron chi connectivity index (χ0n) is 7.62. The predicted molar refractivity (Wildman–Crippen MR) is 55.6 cm³/mol. The zero-order valence-corrected chi connectivity index (χ0v) is 9.25. The van der Waals surface area contributed by atoms with Crippen LogP contribution >= 0.6 is 23.7 Å². The lowest BCUT2D eigenvalue weighted by molar-refractivity contribution is -0.146. The minimum Gasteiger partial charge on any atom is -0.350 e. The summed E-state index contributed by atoms with van der Waals surface area (Å²) in [7, 11) is 0. The predicted octanol–water partition coefficient (Wildman–Crippen LogP) is 3.32. The van der Waals surface area contributed by atoms with Crippen molar-refractivity contribution >= 4 is 28.9 Å². The quantitative estimate of drug-likeness (QED) is 0.900. The maximum absolute atomic E-state index is 12.5. The van der Waals surface area contributed by atoms with Gasteiger partial charge in [0.25, 0.3) is 0 Å². The Labute approximate surface area is 95.3 Å². The van der Waals surface area contributed by atoms with Gasteiger partial charge >= 0.3 is 6.18 Å². The number of nitrogens with one attached hydrogen (secondary N) is 1. The third-order valence-corrected chi connectivity index (χ3v) is 2.86. The maximum atomic E-state index is 12.5. The average Bonchev–Trinajstić information content (AvgIpc) is 2.77. The second-order valence-corrected chi connectivity index (χ2v) is 4.23. The summed E-state index contributed by atoms with van der Waals surface area (Å²) in [5.41, 5.74) is 0. The third-order valence-electron chi connectivity index (χ3n) is 2.16. The molecular formula is C8H10ClF3N2S. The van der Waals surface area contributed by atoms with Crippen LogP contribution in [-0.4, -0.2) is 17.2 Å². The summed E-state index contributed by atoms with van der Waals surface area (Å²) in [5, 5.41) is 4.45. The van der Waals surface area contributed by atoms with E-state index in [2.05, 4.69) is 10.3 Å². The molecule has 1 atom stereocenters. The minimum absolute atomic E-state index is 0. The highest BCUT2D eigenvalue weighted by Gasteiger charge is 2.49. The number of halogens is 4. The molecule has 0 aliphatic heterocycles. The van der Waals surface area contributed by atoms with Gasteiger partial charge in [0.1, 0.15) is 6.04 Å². The summed E-state index contributed by atoms with van der Waals surface area (Å²) in [6, 6.07) is -1.42. The van der Waals surface area contributed by atoms with Crippen LogP contribution < -0.4 is 5.32 Å². The lowest BCUT2D eigenvalue weighted by atomic mass is 10.2. The molecule has 2 rings (SSSR count). The highest BCUT2D eigenvalue weighted by Crippen LogP contribution is 2.41. The Kier molecular flexibility index (Phi) is 3.83. The molecule has 0 saturated heterocycles.